The molecule has 0 bridgehead atoms. The van der Waals surface area contributed by atoms with E-state index in [4.69, 9.17) is 14.3 Å². The molecule has 3 aromatic heterocycles. The number of carboxylic acid groups (broad SMARTS) is 1. The first-order valence-corrected chi connectivity index (χ1v) is 11.1. The number of ether oxygens (including phenoxy) is 1. The summed E-state index contributed by atoms with van der Waals surface area (Å²) in [5.74, 6) is -0.0424. The summed E-state index contributed by atoms with van der Waals surface area (Å²) >= 11 is 0. The van der Waals surface area contributed by atoms with Crippen molar-refractivity contribution in [3.8, 4) is 17.0 Å². The van der Waals surface area contributed by atoms with Crippen molar-refractivity contribution in [1.29, 1.82) is 0 Å². The molecule has 0 atom stereocenters. The van der Waals surface area contributed by atoms with E-state index >= 15 is 0 Å². The highest BCUT2D eigenvalue weighted by atomic mass is 32.2. The van der Waals surface area contributed by atoms with Crippen LogP contribution >= 0.6 is 0 Å². The van der Waals surface area contributed by atoms with E-state index in [1.165, 1.54) is 18.7 Å². The van der Waals surface area contributed by atoms with Gasteiger partial charge in [-0.25, -0.2) is 18.2 Å². The van der Waals surface area contributed by atoms with E-state index in [-0.39, 0.29) is 21.9 Å². The van der Waals surface area contributed by atoms with Crippen LogP contribution in [0.4, 0.5) is 10.5 Å². The molecule has 4 aromatic rings. The minimum atomic E-state index is -3.87. The van der Waals surface area contributed by atoms with Crippen molar-refractivity contribution >= 4 is 32.9 Å². The molecule has 0 unspecified atom stereocenters. The van der Waals surface area contributed by atoms with Crippen molar-refractivity contribution in [3.63, 3.8) is 0 Å². The minimum absolute atomic E-state index is 0.0424. The molecule has 10 heteroatoms. The molecule has 3 heterocycles. The summed E-state index contributed by atoms with van der Waals surface area (Å²) in [5, 5.41) is 9.50. The first kappa shape index (κ1) is 21.4. The molecule has 0 aliphatic carbocycles. The standard InChI is InChI=1S/C22H21N3O6S/c1-22(2,3)14-4-6-16(7-5-14)32(28,29)25-15-10-17-18(13-8-9-30-12-13)20(31-21(26)27)24-19(17)23-11-15/h4-12,25H,1-3H3,(H,23,24)(H,26,27). The van der Waals surface area contributed by atoms with Gasteiger partial charge in [-0.2, -0.15) is 0 Å². The van der Waals surface area contributed by atoms with Gasteiger partial charge in [0.2, 0.25) is 5.88 Å². The molecule has 0 fully saturated rings. The number of nitrogens with zero attached hydrogens (tertiary/aromatic N) is 1. The van der Waals surface area contributed by atoms with Crippen LogP contribution in [0.5, 0.6) is 5.88 Å². The van der Waals surface area contributed by atoms with Gasteiger partial charge in [0.05, 0.1) is 34.9 Å². The molecule has 166 valence electrons. The highest BCUT2D eigenvalue weighted by molar-refractivity contribution is 7.92. The lowest BCUT2D eigenvalue weighted by molar-refractivity contribution is 0.143. The fourth-order valence-electron chi connectivity index (χ4n) is 3.31. The van der Waals surface area contributed by atoms with Gasteiger partial charge < -0.3 is 19.2 Å². The van der Waals surface area contributed by atoms with Crippen LogP contribution in [0.15, 0.2) is 64.4 Å². The average Bonchev–Trinajstić information content (AvgIpc) is 3.33. The van der Waals surface area contributed by atoms with Gasteiger partial charge in [-0.15, -0.1) is 0 Å². The van der Waals surface area contributed by atoms with Crippen LogP contribution in [0.1, 0.15) is 26.3 Å². The zero-order chi connectivity index (χ0) is 23.1. The van der Waals surface area contributed by atoms with Crippen LogP contribution in [0.2, 0.25) is 0 Å². The monoisotopic (exact) mass is 455 g/mol. The Balaban J connectivity index is 1.72. The normalized spacial score (nSPS) is 12.1. The predicted molar refractivity (Wildman–Crippen MR) is 118 cm³/mol. The number of rotatable bonds is 5. The van der Waals surface area contributed by atoms with Crippen molar-refractivity contribution in [2.45, 2.75) is 31.1 Å². The molecule has 0 aliphatic rings. The molecular weight excluding hydrogens is 434 g/mol. The minimum Gasteiger partial charge on any atom is -0.472 e. The molecule has 4 rings (SSSR count). The maximum Gasteiger partial charge on any atom is 0.512 e. The second kappa shape index (κ2) is 7.72. The third-order valence-electron chi connectivity index (χ3n) is 4.90. The molecule has 3 N–H and O–H groups in total. The summed E-state index contributed by atoms with van der Waals surface area (Å²) in [7, 11) is -3.87. The molecule has 9 nitrogen and oxygen atoms in total. The van der Waals surface area contributed by atoms with Crippen LogP contribution in [-0.4, -0.2) is 29.6 Å². The quantitative estimate of drug-likeness (QED) is 0.361. The lowest BCUT2D eigenvalue weighted by Crippen LogP contribution is -2.15. The number of pyridine rings is 1. The van der Waals surface area contributed by atoms with E-state index in [1.54, 1.807) is 36.4 Å². The number of carbonyl (C=O) groups is 1. The number of anilines is 1. The summed E-state index contributed by atoms with van der Waals surface area (Å²) in [6.45, 7) is 6.14. The van der Waals surface area contributed by atoms with Gasteiger partial charge >= 0.3 is 6.16 Å². The van der Waals surface area contributed by atoms with Crippen molar-refractivity contribution in [2.24, 2.45) is 0 Å². The molecule has 0 amide bonds. The Hall–Kier alpha value is -3.79. The van der Waals surface area contributed by atoms with Crippen molar-refractivity contribution in [1.82, 2.24) is 9.97 Å². The lowest BCUT2D eigenvalue weighted by atomic mass is 9.87. The van der Waals surface area contributed by atoms with Gasteiger partial charge in [-0.1, -0.05) is 32.9 Å². The lowest BCUT2D eigenvalue weighted by Gasteiger charge is -2.19. The zero-order valence-electron chi connectivity index (χ0n) is 17.5. The Morgan fingerprint density at radius 1 is 1.19 bits per heavy atom. The Morgan fingerprint density at radius 2 is 1.91 bits per heavy atom. The van der Waals surface area contributed by atoms with Crippen LogP contribution < -0.4 is 9.46 Å². The summed E-state index contributed by atoms with van der Waals surface area (Å²) < 4.78 is 38.3. The molecule has 0 saturated heterocycles. The van der Waals surface area contributed by atoms with Gasteiger partial charge in [0.25, 0.3) is 10.0 Å². The van der Waals surface area contributed by atoms with Crippen LogP contribution in [-0.2, 0) is 15.4 Å². The van der Waals surface area contributed by atoms with Gasteiger partial charge in [-0.3, -0.25) is 4.72 Å². The third-order valence-corrected chi connectivity index (χ3v) is 6.30. The van der Waals surface area contributed by atoms with Gasteiger partial charge in [-0.05, 0) is 35.2 Å². The molecular formula is C22H21N3O6S. The Labute approximate surface area is 184 Å². The van der Waals surface area contributed by atoms with E-state index in [1.807, 2.05) is 20.8 Å². The second-order valence-corrected chi connectivity index (χ2v) is 9.89. The number of sulfonamides is 1. The average molecular weight is 455 g/mol. The van der Waals surface area contributed by atoms with E-state index in [2.05, 4.69) is 14.7 Å². The van der Waals surface area contributed by atoms with Crippen molar-refractivity contribution < 1.29 is 27.5 Å². The number of nitrogens with one attached hydrogen (secondary N) is 2. The smallest absolute Gasteiger partial charge is 0.472 e. The van der Waals surface area contributed by atoms with Crippen LogP contribution in [0.3, 0.4) is 0 Å². The molecule has 0 saturated carbocycles. The number of H-pyrrole nitrogens is 1. The molecule has 0 radical (unpaired) electrons. The molecule has 32 heavy (non-hydrogen) atoms. The van der Waals surface area contributed by atoms with E-state index in [0.717, 1.165) is 5.56 Å². The summed E-state index contributed by atoms with van der Waals surface area (Å²) in [5.41, 5.74) is 2.39. The van der Waals surface area contributed by atoms with Gasteiger partial charge in [0, 0.05) is 10.9 Å². The number of aromatic nitrogens is 2. The predicted octanol–water partition coefficient (Wildman–Crippen LogP) is 4.98. The maximum absolute atomic E-state index is 12.9. The Bertz CT molecular complexity index is 1380. The fourth-order valence-corrected chi connectivity index (χ4v) is 4.34. The van der Waals surface area contributed by atoms with E-state index < -0.39 is 16.2 Å². The second-order valence-electron chi connectivity index (χ2n) is 8.21. The zero-order valence-corrected chi connectivity index (χ0v) is 18.4. The van der Waals surface area contributed by atoms with Gasteiger partial charge in [0.1, 0.15) is 5.65 Å². The summed E-state index contributed by atoms with van der Waals surface area (Å²) in [4.78, 5) is 18.2. The van der Waals surface area contributed by atoms with Gasteiger partial charge in [0.15, 0.2) is 0 Å². The number of aromatic amines is 1. The number of hydrogen-bond acceptors (Lipinski definition) is 6. The SMILES string of the molecule is CC(C)(C)c1ccc(S(=O)(=O)Nc2cnc3[nH]c(OC(=O)O)c(-c4ccoc4)c3c2)cc1. The number of furan rings is 1. The molecule has 0 spiro atoms. The topological polar surface area (TPSA) is 135 Å². The first-order valence-electron chi connectivity index (χ1n) is 9.63. The Morgan fingerprint density at radius 3 is 2.50 bits per heavy atom. The van der Waals surface area contributed by atoms with Crippen molar-refractivity contribution in [2.75, 3.05) is 4.72 Å². The maximum atomic E-state index is 12.9. The van der Waals surface area contributed by atoms with E-state index in [0.29, 0.717) is 22.2 Å². The highest BCUT2D eigenvalue weighted by Gasteiger charge is 2.21. The van der Waals surface area contributed by atoms with E-state index in [9.17, 15) is 13.2 Å². The number of fused-ring (bicyclic) bond motifs is 1. The molecule has 0 aliphatic heterocycles. The largest absolute Gasteiger partial charge is 0.512 e. The molecule has 1 aromatic carbocycles. The summed E-state index contributed by atoms with van der Waals surface area (Å²) in [6.07, 6.45) is 2.69. The van der Waals surface area contributed by atoms with Crippen LogP contribution in [0, 0.1) is 0 Å². The number of hydrogen-bond donors (Lipinski definition) is 3. The fraction of sp³-hybridized carbons (Fsp3) is 0.182. The van der Waals surface area contributed by atoms with Crippen molar-refractivity contribution in [3.05, 3.63) is 60.7 Å². The highest BCUT2D eigenvalue weighted by Crippen LogP contribution is 2.38. The van der Waals surface area contributed by atoms with Crippen LogP contribution in [0.25, 0.3) is 22.2 Å². The summed E-state index contributed by atoms with van der Waals surface area (Å²) in [6, 6.07) is 9.87. The third kappa shape index (κ3) is 4.17. The first-order chi connectivity index (χ1) is 15.0. The Kier molecular flexibility index (Phi) is 5.17. The number of benzene rings is 1.